The monoisotopic (exact) mass is 749 g/mol. The maximum Gasteiger partial charge on any atom is 0.246 e. The van der Waals surface area contributed by atoms with Gasteiger partial charge in [-0.1, -0.05) is 83.9 Å². The van der Waals surface area contributed by atoms with Crippen LogP contribution < -0.4 is 19.9 Å². The number of phenolic OH excluding ortho intramolecular Hbond substituents is 1. The minimum absolute atomic E-state index is 0.0254. The van der Waals surface area contributed by atoms with Crippen molar-refractivity contribution in [2.75, 3.05) is 22.2 Å². The summed E-state index contributed by atoms with van der Waals surface area (Å²) in [7, 11) is 1.49. The van der Waals surface area contributed by atoms with E-state index in [1.54, 1.807) is 48.5 Å². The second-order valence-corrected chi connectivity index (χ2v) is 15.0. The molecule has 2 aliphatic carbocycles. The van der Waals surface area contributed by atoms with Crippen LogP contribution in [0.25, 0.3) is 0 Å². The van der Waals surface area contributed by atoms with E-state index in [0.717, 1.165) is 16.9 Å². The van der Waals surface area contributed by atoms with Gasteiger partial charge >= 0.3 is 0 Å². The maximum absolute atomic E-state index is 15.4. The average Bonchev–Trinajstić information content (AvgIpc) is 3.59. The van der Waals surface area contributed by atoms with Gasteiger partial charge in [0.15, 0.2) is 0 Å². The molecule has 4 amide bonds. The van der Waals surface area contributed by atoms with Crippen LogP contribution in [0.15, 0.2) is 139 Å². The van der Waals surface area contributed by atoms with Crippen molar-refractivity contribution in [1.82, 2.24) is 0 Å². The molecule has 10 heteroatoms. The van der Waals surface area contributed by atoms with Crippen LogP contribution in [0, 0.1) is 23.7 Å². The zero-order valence-electron chi connectivity index (χ0n) is 29.8. The summed E-state index contributed by atoms with van der Waals surface area (Å²) < 4.78 is 5.88. The number of phenols is 1. The van der Waals surface area contributed by atoms with Gasteiger partial charge in [-0.25, -0.2) is 4.90 Å². The van der Waals surface area contributed by atoms with Crippen LogP contribution in [-0.2, 0) is 24.6 Å². The summed E-state index contributed by atoms with van der Waals surface area (Å²) in [5.41, 5.74) is 3.09. The number of benzene rings is 5. The van der Waals surface area contributed by atoms with E-state index in [-0.39, 0.29) is 30.4 Å². The van der Waals surface area contributed by atoms with Gasteiger partial charge in [-0.3, -0.25) is 24.1 Å². The van der Waals surface area contributed by atoms with E-state index in [1.807, 2.05) is 78.9 Å². The summed E-state index contributed by atoms with van der Waals surface area (Å²) in [5.74, 6) is -4.83. The molecule has 2 heterocycles. The third kappa shape index (κ3) is 5.28. The third-order valence-corrected chi connectivity index (χ3v) is 12.1. The number of hydrogen-bond acceptors (Lipinski definition) is 7. The molecule has 1 saturated carbocycles. The van der Waals surface area contributed by atoms with E-state index in [9.17, 15) is 19.5 Å². The largest absolute Gasteiger partial charge is 0.508 e. The number of para-hydroxylation sites is 1. The first-order valence-electron chi connectivity index (χ1n) is 18.3. The normalized spacial score (nSPS) is 25.6. The molecule has 0 spiro atoms. The number of allylic oxidation sites excluding steroid dienone is 2. The topological polar surface area (TPSA) is 116 Å². The van der Waals surface area contributed by atoms with Crippen LogP contribution in [0.1, 0.15) is 29.9 Å². The molecule has 274 valence electrons. The van der Waals surface area contributed by atoms with Crippen LogP contribution in [0.5, 0.6) is 11.5 Å². The van der Waals surface area contributed by atoms with E-state index in [4.69, 9.17) is 16.3 Å². The molecule has 2 saturated heterocycles. The minimum atomic E-state index is -1.47. The van der Waals surface area contributed by atoms with Crippen molar-refractivity contribution in [2.24, 2.45) is 23.7 Å². The number of carbonyl (C=O) groups is 4. The Balaban J connectivity index is 1.18. The second kappa shape index (κ2) is 13.3. The number of ether oxygens (including phenoxy) is 1. The summed E-state index contributed by atoms with van der Waals surface area (Å²) in [6, 6.07) is 37.6. The zero-order chi connectivity index (χ0) is 38.0. The van der Waals surface area contributed by atoms with Crippen LogP contribution in [0.3, 0.4) is 0 Å². The smallest absolute Gasteiger partial charge is 0.246 e. The van der Waals surface area contributed by atoms with Gasteiger partial charge in [-0.15, -0.1) is 0 Å². The van der Waals surface area contributed by atoms with Crippen LogP contribution in [-0.4, -0.2) is 35.8 Å². The third-order valence-electron chi connectivity index (χ3n) is 11.9. The quantitative estimate of drug-likeness (QED) is 0.127. The average molecular weight is 750 g/mol. The molecule has 0 radical (unpaired) electrons. The number of hydrogen-bond donors (Lipinski definition) is 2. The Bertz CT molecular complexity index is 2400. The van der Waals surface area contributed by atoms with Gasteiger partial charge in [0, 0.05) is 33.9 Å². The first-order valence-corrected chi connectivity index (χ1v) is 18.7. The molecule has 2 aliphatic heterocycles. The van der Waals surface area contributed by atoms with Gasteiger partial charge in [-0.2, -0.15) is 0 Å². The highest BCUT2D eigenvalue weighted by atomic mass is 35.5. The van der Waals surface area contributed by atoms with Crippen molar-refractivity contribution in [3.63, 3.8) is 0 Å². The second-order valence-electron chi connectivity index (χ2n) is 14.6. The van der Waals surface area contributed by atoms with Crippen molar-refractivity contribution in [2.45, 2.75) is 24.2 Å². The molecule has 6 unspecified atom stereocenters. The fourth-order valence-corrected chi connectivity index (χ4v) is 9.85. The molecule has 55 heavy (non-hydrogen) atoms. The van der Waals surface area contributed by atoms with Crippen molar-refractivity contribution in [3.05, 3.63) is 155 Å². The van der Waals surface area contributed by atoms with Gasteiger partial charge in [0.25, 0.3) is 0 Å². The number of aromatic hydroxyl groups is 1. The lowest BCUT2D eigenvalue weighted by Crippen LogP contribution is -2.53. The Kier molecular flexibility index (Phi) is 8.35. The minimum Gasteiger partial charge on any atom is -0.508 e. The van der Waals surface area contributed by atoms with E-state index >= 15 is 4.79 Å². The number of carbonyl (C=O) groups excluding carboxylic acids is 4. The lowest BCUT2D eigenvalue weighted by molar-refractivity contribution is -0.127. The fourth-order valence-electron chi connectivity index (χ4n) is 9.66. The molecule has 9 rings (SSSR count). The van der Waals surface area contributed by atoms with E-state index < -0.39 is 46.8 Å². The summed E-state index contributed by atoms with van der Waals surface area (Å²) in [6.07, 6.45) is 2.44. The number of imide groups is 2. The van der Waals surface area contributed by atoms with Gasteiger partial charge < -0.3 is 15.2 Å². The Hall–Kier alpha value is -6.19. The number of halogens is 1. The number of anilines is 4. The molecular formula is C45H36ClN3O6. The molecule has 4 aliphatic rings. The van der Waals surface area contributed by atoms with Crippen LogP contribution in [0.4, 0.5) is 22.7 Å². The van der Waals surface area contributed by atoms with Crippen molar-refractivity contribution in [3.8, 4) is 11.5 Å². The lowest BCUT2D eigenvalue weighted by atomic mass is 9.49. The van der Waals surface area contributed by atoms with Crippen LogP contribution in [0.2, 0.25) is 5.02 Å². The highest BCUT2D eigenvalue weighted by Crippen LogP contribution is 2.65. The predicted octanol–water partition coefficient (Wildman–Crippen LogP) is 8.16. The number of methoxy groups -OCH3 is 1. The first kappa shape index (κ1) is 34.6. The number of fused-ring (bicyclic) bond motifs is 4. The van der Waals surface area contributed by atoms with Gasteiger partial charge in [-0.05, 0) is 85.0 Å². The maximum atomic E-state index is 15.4. The summed E-state index contributed by atoms with van der Waals surface area (Å²) >= 11 is 6.43. The van der Waals surface area contributed by atoms with Gasteiger partial charge in [0.1, 0.15) is 11.5 Å². The Labute approximate surface area is 322 Å². The SMILES string of the molecule is COc1cc(O)ccc1C1C2=CCC3C(=O)N(c4ccc(Nc5ccccc5)cc4)C(=O)C3C2CC2C(=O)N(c3cccc(Cl)c3)C(=O)C21c1ccccc1. The van der Waals surface area contributed by atoms with Gasteiger partial charge in [0.05, 0.1) is 41.7 Å². The standard InChI is InChI=1S/C45H36ClN3O6/c1-55-38-24-32(50)19-20-34(38)40-33-21-22-35-39(43(53)48(41(35)51)30-17-15-29(16-18-30)47-28-12-6-3-7-13-28)36(33)25-37-42(52)49(31-14-8-11-27(46)23-31)44(54)45(37,40)26-9-4-2-5-10-26/h2-21,23-24,35-37,39-40,47,50H,22,25H2,1H3. The molecule has 0 aromatic heterocycles. The number of nitrogens with zero attached hydrogens (tertiary/aromatic N) is 2. The number of rotatable bonds is 7. The number of nitrogens with one attached hydrogen (secondary N) is 1. The molecule has 3 fully saturated rings. The zero-order valence-corrected chi connectivity index (χ0v) is 30.5. The fraction of sp³-hybridized carbons (Fsp3) is 0.200. The predicted molar refractivity (Wildman–Crippen MR) is 209 cm³/mol. The molecule has 6 atom stereocenters. The lowest BCUT2D eigenvalue weighted by Gasteiger charge is -2.51. The molecule has 0 bridgehead atoms. The van der Waals surface area contributed by atoms with E-state index in [2.05, 4.69) is 5.32 Å². The number of amides is 4. The van der Waals surface area contributed by atoms with E-state index in [1.165, 1.54) is 23.0 Å². The Morgan fingerprint density at radius 2 is 1.44 bits per heavy atom. The molecule has 5 aromatic rings. The van der Waals surface area contributed by atoms with Crippen molar-refractivity contribution in [1.29, 1.82) is 0 Å². The summed E-state index contributed by atoms with van der Waals surface area (Å²) in [5, 5.41) is 14.3. The molecule has 2 N–H and O–H groups in total. The first-order chi connectivity index (χ1) is 26.7. The summed E-state index contributed by atoms with van der Waals surface area (Å²) in [4.78, 5) is 61.9. The molecule has 5 aromatic carbocycles. The van der Waals surface area contributed by atoms with Crippen molar-refractivity contribution < 1.29 is 29.0 Å². The van der Waals surface area contributed by atoms with E-state index in [0.29, 0.717) is 33.3 Å². The Morgan fingerprint density at radius 3 is 2.15 bits per heavy atom. The van der Waals surface area contributed by atoms with Crippen molar-refractivity contribution >= 4 is 58.0 Å². The molecule has 9 nitrogen and oxygen atoms in total. The van der Waals surface area contributed by atoms with Gasteiger partial charge in [0.2, 0.25) is 23.6 Å². The summed E-state index contributed by atoms with van der Waals surface area (Å²) in [6.45, 7) is 0. The highest BCUT2D eigenvalue weighted by molar-refractivity contribution is 6.32. The van der Waals surface area contributed by atoms with Crippen LogP contribution >= 0.6 is 11.6 Å². The highest BCUT2D eigenvalue weighted by Gasteiger charge is 2.70. The molecular weight excluding hydrogens is 714 g/mol. The Morgan fingerprint density at radius 1 is 0.727 bits per heavy atom.